The maximum atomic E-state index is 13.3. The summed E-state index contributed by atoms with van der Waals surface area (Å²) in [7, 11) is 1.57. The van der Waals surface area contributed by atoms with Crippen molar-refractivity contribution in [2.75, 3.05) is 12.4 Å². The summed E-state index contributed by atoms with van der Waals surface area (Å²) in [6.45, 7) is 1.75. The molecule has 0 fully saturated rings. The van der Waals surface area contributed by atoms with Crippen LogP contribution in [0, 0.1) is 11.6 Å². The first-order valence-electron chi connectivity index (χ1n) is 8.87. The summed E-state index contributed by atoms with van der Waals surface area (Å²) in [4.78, 5) is 29.1. The number of anilines is 1. The molecule has 0 aliphatic rings. The lowest BCUT2D eigenvalue weighted by atomic mass is 10.1. The lowest BCUT2D eigenvalue weighted by Crippen LogP contribution is -2.44. The number of aromatic nitrogens is 1. The summed E-state index contributed by atoms with van der Waals surface area (Å²) in [5, 5.41) is 5.69. The van der Waals surface area contributed by atoms with Crippen LogP contribution in [-0.2, 0) is 16.0 Å². The van der Waals surface area contributed by atoms with E-state index in [0.717, 1.165) is 28.4 Å². The van der Waals surface area contributed by atoms with Crippen molar-refractivity contribution < 1.29 is 23.1 Å². The van der Waals surface area contributed by atoms with Gasteiger partial charge >= 0.3 is 0 Å². The minimum atomic E-state index is -0.803. The van der Waals surface area contributed by atoms with Crippen molar-refractivity contribution >= 4 is 38.5 Å². The number of rotatable bonds is 7. The van der Waals surface area contributed by atoms with Gasteiger partial charge in [-0.1, -0.05) is 18.3 Å². The number of carbonyl (C=O) groups excluding carboxylic acids is 2. The summed E-state index contributed by atoms with van der Waals surface area (Å²) < 4.78 is 32.6. The summed E-state index contributed by atoms with van der Waals surface area (Å²) in [6.07, 6.45) is 0.104. The third-order valence-corrected chi connectivity index (χ3v) is 5.11. The molecule has 1 aromatic heterocycles. The van der Waals surface area contributed by atoms with Gasteiger partial charge in [-0.25, -0.2) is 13.8 Å². The molecule has 152 valence electrons. The second-order valence-electron chi connectivity index (χ2n) is 6.32. The maximum absolute atomic E-state index is 13.3. The highest BCUT2D eigenvalue weighted by Gasteiger charge is 2.20. The van der Waals surface area contributed by atoms with Crippen LogP contribution < -0.4 is 15.4 Å². The van der Waals surface area contributed by atoms with Gasteiger partial charge in [0.25, 0.3) is 0 Å². The van der Waals surface area contributed by atoms with Gasteiger partial charge in [-0.15, -0.1) is 0 Å². The van der Waals surface area contributed by atoms with Crippen LogP contribution in [0.4, 0.5) is 13.9 Å². The van der Waals surface area contributed by atoms with Crippen LogP contribution in [-0.4, -0.2) is 29.9 Å². The van der Waals surface area contributed by atoms with E-state index in [-0.39, 0.29) is 12.0 Å². The number of hydrogen-bond donors (Lipinski definition) is 2. The number of ether oxygens (including phenoxy) is 1. The van der Waals surface area contributed by atoms with Gasteiger partial charge < -0.3 is 15.4 Å². The van der Waals surface area contributed by atoms with Gasteiger partial charge in [-0.05, 0) is 42.3 Å². The zero-order chi connectivity index (χ0) is 21.0. The molecule has 0 bridgehead atoms. The number of halogens is 2. The van der Waals surface area contributed by atoms with Crippen molar-refractivity contribution in [1.29, 1.82) is 0 Å². The predicted octanol–water partition coefficient (Wildman–Crippen LogP) is 3.66. The topological polar surface area (TPSA) is 80.3 Å². The van der Waals surface area contributed by atoms with E-state index in [0.29, 0.717) is 17.3 Å². The van der Waals surface area contributed by atoms with Gasteiger partial charge in [-0.2, -0.15) is 0 Å². The van der Waals surface area contributed by atoms with Crippen molar-refractivity contribution in [3.63, 3.8) is 0 Å². The highest BCUT2D eigenvalue weighted by Crippen LogP contribution is 2.29. The van der Waals surface area contributed by atoms with Crippen LogP contribution in [0.3, 0.4) is 0 Å². The van der Waals surface area contributed by atoms with E-state index in [4.69, 9.17) is 4.74 Å². The fourth-order valence-electron chi connectivity index (χ4n) is 2.77. The lowest BCUT2D eigenvalue weighted by molar-refractivity contribution is -0.126. The van der Waals surface area contributed by atoms with Crippen LogP contribution in [0.2, 0.25) is 0 Å². The van der Waals surface area contributed by atoms with Crippen LogP contribution in [0.25, 0.3) is 10.2 Å². The second-order valence-corrected chi connectivity index (χ2v) is 7.36. The van der Waals surface area contributed by atoms with E-state index in [2.05, 4.69) is 15.6 Å². The van der Waals surface area contributed by atoms with E-state index >= 15 is 0 Å². The molecule has 3 aromatic rings. The summed E-state index contributed by atoms with van der Waals surface area (Å²) in [5.41, 5.74) is 0.909. The fraction of sp³-hybridized carbons (Fsp3) is 0.250. The largest absolute Gasteiger partial charge is 0.497 e. The molecule has 29 heavy (non-hydrogen) atoms. The molecule has 6 nitrogen and oxygen atoms in total. The maximum Gasteiger partial charge on any atom is 0.248 e. The lowest BCUT2D eigenvalue weighted by Gasteiger charge is -2.16. The number of nitrogens with zero attached hydrogens (tertiary/aromatic N) is 1. The molecule has 0 saturated carbocycles. The third kappa shape index (κ3) is 5.26. The highest BCUT2D eigenvalue weighted by atomic mass is 32.1. The standard InChI is InChI=1S/C20H19F2N3O3S/c1-3-15(23-18(26)8-11-6-12(21)9-13(22)7-11)19(27)25-20-24-16-5-4-14(28-2)10-17(16)29-20/h4-7,9-10,15H,3,8H2,1-2H3,(H,23,26)(H,24,25,27)/t15-/m0/s1. The third-order valence-electron chi connectivity index (χ3n) is 4.17. The molecule has 3 rings (SSSR count). The average Bonchev–Trinajstić information content (AvgIpc) is 3.06. The van der Waals surface area contributed by atoms with E-state index in [1.165, 1.54) is 11.3 Å². The molecule has 2 N–H and O–H groups in total. The van der Waals surface area contributed by atoms with Crippen molar-refractivity contribution in [3.8, 4) is 5.75 Å². The van der Waals surface area contributed by atoms with Gasteiger partial charge in [0.15, 0.2) is 5.13 Å². The molecule has 0 spiro atoms. The molecule has 0 radical (unpaired) electrons. The van der Waals surface area contributed by atoms with E-state index < -0.39 is 29.5 Å². The quantitative estimate of drug-likeness (QED) is 0.613. The highest BCUT2D eigenvalue weighted by molar-refractivity contribution is 7.22. The van der Waals surface area contributed by atoms with Crippen molar-refractivity contribution in [2.24, 2.45) is 0 Å². The fourth-order valence-corrected chi connectivity index (χ4v) is 3.67. The first kappa shape index (κ1) is 20.7. The van der Waals surface area contributed by atoms with Gasteiger partial charge in [0, 0.05) is 6.07 Å². The van der Waals surface area contributed by atoms with E-state index in [1.807, 2.05) is 6.07 Å². The van der Waals surface area contributed by atoms with Crippen molar-refractivity contribution in [1.82, 2.24) is 10.3 Å². The van der Waals surface area contributed by atoms with Crippen molar-refractivity contribution in [2.45, 2.75) is 25.8 Å². The van der Waals surface area contributed by atoms with Gasteiger partial charge in [0.05, 0.1) is 23.7 Å². The molecule has 0 aliphatic carbocycles. The molecule has 2 amide bonds. The second kappa shape index (κ2) is 8.95. The average molecular weight is 419 g/mol. The molecule has 0 saturated heterocycles. The molecular weight excluding hydrogens is 400 g/mol. The molecule has 0 unspecified atom stereocenters. The molecule has 0 aliphatic heterocycles. The number of hydrogen-bond acceptors (Lipinski definition) is 5. The molecule has 1 heterocycles. The normalized spacial score (nSPS) is 11.9. The number of methoxy groups -OCH3 is 1. The van der Waals surface area contributed by atoms with Crippen molar-refractivity contribution in [3.05, 3.63) is 53.6 Å². The number of amides is 2. The Kier molecular flexibility index (Phi) is 6.38. The number of thiazole rings is 1. The van der Waals surface area contributed by atoms with Crippen LogP contribution in [0.1, 0.15) is 18.9 Å². The predicted molar refractivity (Wildman–Crippen MR) is 107 cm³/mol. The van der Waals surface area contributed by atoms with Gasteiger partial charge in [-0.3, -0.25) is 9.59 Å². The Labute approximate surface area is 169 Å². The SMILES string of the molecule is CC[C@H](NC(=O)Cc1cc(F)cc(F)c1)C(=O)Nc1nc2ccc(OC)cc2s1. The summed E-state index contributed by atoms with van der Waals surface area (Å²) in [6, 6.07) is 7.48. The number of fused-ring (bicyclic) bond motifs is 1. The summed E-state index contributed by atoms with van der Waals surface area (Å²) in [5.74, 6) is -1.76. The Morgan fingerprint density at radius 2 is 1.90 bits per heavy atom. The first-order valence-corrected chi connectivity index (χ1v) is 9.69. The Hall–Kier alpha value is -3.07. The number of benzene rings is 2. The monoisotopic (exact) mass is 419 g/mol. The zero-order valence-electron chi connectivity index (χ0n) is 15.8. The van der Waals surface area contributed by atoms with Gasteiger partial charge in [0.2, 0.25) is 11.8 Å². The number of carbonyl (C=O) groups is 2. The smallest absolute Gasteiger partial charge is 0.248 e. The molecular formula is C20H19F2N3O3S. The van der Waals surface area contributed by atoms with Crippen LogP contribution in [0.15, 0.2) is 36.4 Å². The zero-order valence-corrected chi connectivity index (χ0v) is 16.6. The number of nitrogens with one attached hydrogen (secondary N) is 2. The van der Waals surface area contributed by atoms with E-state index in [9.17, 15) is 18.4 Å². The first-order chi connectivity index (χ1) is 13.9. The Morgan fingerprint density at radius 3 is 2.55 bits per heavy atom. The van der Waals surface area contributed by atoms with Crippen LogP contribution >= 0.6 is 11.3 Å². The molecule has 9 heteroatoms. The summed E-state index contributed by atoms with van der Waals surface area (Å²) >= 11 is 1.29. The van der Waals surface area contributed by atoms with Crippen LogP contribution in [0.5, 0.6) is 5.75 Å². The minimum absolute atomic E-state index is 0.190. The van der Waals surface area contributed by atoms with Gasteiger partial charge in [0.1, 0.15) is 23.4 Å². The van der Waals surface area contributed by atoms with E-state index in [1.54, 1.807) is 26.2 Å². The molecule has 2 aromatic carbocycles. The Morgan fingerprint density at radius 1 is 1.17 bits per heavy atom. The minimum Gasteiger partial charge on any atom is -0.497 e. The molecule has 1 atom stereocenters. The Balaban J connectivity index is 1.64. The Bertz CT molecular complexity index is 1030.